The molecule has 1 aliphatic rings. The zero-order chi connectivity index (χ0) is 10.9. The van der Waals surface area contributed by atoms with Crippen molar-refractivity contribution in [2.45, 2.75) is 37.3 Å². The molecule has 1 aliphatic carbocycles. The summed E-state index contributed by atoms with van der Waals surface area (Å²) in [7, 11) is 0. The largest absolute Gasteiger partial charge is 0.330 e. The predicted octanol–water partition coefficient (Wildman–Crippen LogP) is 2.80. The molecule has 0 aromatic heterocycles. The number of benzene rings is 1. The summed E-state index contributed by atoms with van der Waals surface area (Å²) in [5, 5.41) is 0. The second-order valence-corrected chi connectivity index (χ2v) is 4.94. The van der Waals surface area contributed by atoms with Gasteiger partial charge in [0.15, 0.2) is 0 Å². The first-order valence-corrected chi connectivity index (χ1v) is 5.53. The second kappa shape index (κ2) is 3.60. The summed E-state index contributed by atoms with van der Waals surface area (Å²) in [5.41, 5.74) is 5.86. The summed E-state index contributed by atoms with van der Waals surface area (Å²) in [5.74, 6) is 0. The Balaban J connectivity index is 2.32. The summed E-state index contributed by atoms with van der Waals surface area (Å²) in [6.45, 7) is 2.23. The number of hydrogen-bond acceptors (Lipinski definition) is 1. The Morgan fingerprint density at radius 2 is 1.93 bits per heavy atom. The van der Waals surface area contributed by atoms with Crippen molar-refractivity contribution < 1.29 is 4.39 Å². The van der Waals surface area contributed by atoms with Gasteiger partial charge in [0.25, 0.3) is 0 Å². The smallest absolute Gasteiger partial charge is 0.109 e. The molecule has 2 heteroatoms. The molecular weight excluding hydrogens is 189 g/mol. The van der Waals surface area contributed by atoms with Gasteiger partial charge < -0.3 is 5.73 Å². The maximum atomic E-state index is 13.9. The van der Waals surface area contributed by atoms with Crippen molar-refractivity contribution in [2.75, 3.05) is 6.54 Å². The SMILES string of the molecule is CC1(F)CCC(CN)(c2ccccc2)C1. The minimum atomic E-state index is -1.05. The second-order valence-electron chi connectivity index (χ2n) is 4.94. The van der Waals surface area contributed by atoms with Gasteiger partial charge >= 0.3 is 0 Å². The van der Waals surface area contributed by atoms with E-state index in [1.54, 1.807) is 6.92 Å². The number of alkyl halides is 1. The van der Waals surface area contributed by atoms with Crippen molar-refractivity contribution in [3.05, 3.63) is 35.9 Å². The number of rotatable bonds is 2. The van der Waals surface area contributed by atoms with Crippen LogP contribution in [0.3, 0.4) is 0 Å². The molecule has 2 N–H and O–H groups in total. The van der Waals surface area contributed by atoms with Crippen LogP contribution in [0.5, 0.6) is 0 Å². The third-order valence-electron chi connectivity index (χ3n) is 3.61. The van der Waals surface area contributed by atoms with Crippen molar-refractivity contribution in [1.29, 1.82) is 0 Å². The molecule has 1 aromatic carbocycles. The zero-order valence-corrected chi connectivity index (χ0v) is 9.17. The van der Waals surface area contributed by atoms with Crippen LogP contribution in [0, 0.1) is 0 Å². The van der Waals surface area contributed by atoms with Crippen molar-refractivity contribution in [1.82, 2.24) is 0 Å². The zero-order valence-electron chi connectivity index (χ0n) is 9.17. The third kappa shape index (κ3) is 1.91. The monoisotopic (exact) mass is 207 g/mol. The summed E-state index contributed by atoms with van der Waals surface area (Å²) < 4.78 is 13.9. The number of halogens is 1. The summed E-state index contributed by atoms with van der Waals surface area (Å²) in [6.07, 6.45) is 2.04. The summed E-state index contributed by atoms with van der Waals surface area (Å²) >= 11 is 0. The Labute approximate surface area is 90.5 Å². The highest BCUT2D eigenvalue weighted by molar-refractivity contribution is 5.28. The Kier molecular flexibility index (Phi) is 2.55. The van der Waals surface area contributed by atoms with E-state index in [1.165, 1.54) is 5.56 Å². The molecule has 0 amide bonds. The van der Waals surface area contributed by atoms with Gasteiger partial charge in [0.1, 0.15) is 5.67 Å². The van der Waals surface area contributed by atoms with Crippen molar-refractivity contribution >= 4 is 0 Å². The van der Waals surface area contributed by atoms with Crippen LogP contribution >= 0.6 is 0 Å². The number of nitrogens with two attached hydrogens (primary N) is 1. The average molecular weight is 207 g/mol. The molecule has 82 valence electrons. The standard InChI is InChI=1S/C13H18FN/c1-12(14)7-8-13(9-12,10-15)11-5-3-2-4-6-11/h2-6H,7-10,15H2,1H3. The van der Waals surface area contributed by atoms with Crippen LogP contribution < -0.4 is 5.73 Å². The van der Waals surface area contributed by atoms with Crippen LogP contribution in [-0.4, -0.2) is 12.2 Å². The first-order valence-electron chi connectivity index (χ1n) is 5.53. The predicted molar refractivity (Wildman–Crippen MR) is 60.5 cm³/mol. The fourth-order valence-corrected chi connectivity index (χ4v) is 2.71. The van der Waals surface area contributed by atoms with Crippen LogP contribution in [0.25, 0.3) is 0 Å². The average Bonchev–Trinajstić information content (AvgIpc) is 2.57. The van der Waals surface area contributed by atoms with Crippen LogP contribution in [-0.2, 0) is 5.41 Å². The molecule has 1 aromatic rings. The lowest BCUT2D eigenvalue weighted by atomic mass is 9.78. The van der Waals surface area contributed by atoms with Gasteiger partial charge in [-0.2, -0.15) is 0 Å². The molecule has 0 bridgehead atoms. The van der Waals surface area contributed by atoms with Crippen molar-refractivity contribution in [3.63, 3.8) is 0 Å². The van der Waals surface area contributed by atoms with Gasteiger partial charge in [-0.1, -0.05) is 30.3 Å². The lowest BCUT2D eigenvalue weighted by Gasteiger charge is -2.28. The molecule has 15 heavy (non-hydrogen) atoms. The van der Waals surface area contributed by atoms with Gasteiger partial charge in [0, 0.05) is 12.0 Å². The fourth-order valence-electron chi connectivity index (χ4n) is 2.71. The van der Waals surface area contributed by atoms with Gasteiger partial charge in [-0.15, -0.1) is 0 Å². The van der Waals surface area contributed by atoms with Gasteiger partial charge in [-0.3, -0.25) is 0 Å². The molecule has 1 nitrogen and oxygen atoms in total. The van der Waals surface area contributed by atoms with Crippen molar-refractivity contribution in [3.8, 4) is 0 Å². The van der Waals surface area contributed by atoms with Gasteiger partial charge in [0.05, 0.1) is 0 Å². The van der Waals surface area contributed by atoms with Gasteiger partial charge in [-0.25, -0.2) is 4.39 Å². The van der Waals surface area contributed by atoms with Crippen LogP contribution in [0.2, 0.25) is 0 Å². The molecule has 1 fully saturated rings. The number of hydrogen-bond donors (Lipinski definition) is 1. The first-order chi connectivity index (χ1) is 7.08. The Morgan fingerprint density at radius 3 is 2.40 bits per heavy atom. The summed E-state index contributed by atoms with van der Waals surface area (Å²) in [4.78, 5) is 0. The lowest BCUT2D eigenvalue weighted by Crippen LogP contribution is -2.34. The molecule has 0 spiro atoms. The highest BCUT2D eigenvalue weighted by Crippen LogP contribution is 2.47. The van der Waals surface area contributed by atoms with E-state index >= 15 is 0 Å². The molecule has 1 saturated carbocycles. The normalized spacial score (nSPS) is 35.7. The van der Waals surface area contributed by atoms with E-state index in [-0.39, 0.29) is 5.41 Å². The van der Waals surface area contributed by atoms with Crippen LogP contribution in [0.4, 0.5) is 4.39 Å². The Morgan fingerprint density at radius 1 is 1.27 bits per heavy atom. The van der Waals surface area contributed by atoms with E-state index in [0.717, 1.165) is 6.42 Å². The van der Waals surface area contributed by atoms with Crippen LogP contribution in [0.1, 0.15) is 31.7 Å². The van der Waals surface area contributed by atoms with E-state index in [9.17, 15) is 4.39 Å². The maximum absolute atomic E-state index is 13.9. The molecular formula is C13H18FN. The third-order valence-corrected chi connectivity index (χ3v) is 3.61. The highest BCUT2D eigenvalue weighted by atomic mass is 19.1. The molecule has 2 unspecified atom stereocenters. The molecule has 0 saturated heterocycles. The van der Waals surface area contributed by atoms with Crippen molar-refractivity contribution in [2.24, 2.45) is 5.73 Å². The minimum Gasteiger partial charge on any atom is -0.330 e. The molecule has 0 aliphatic heterocycles. The molecule has 0 radical (unpaired) electrons. The van der Waals surface area contributed by atoms with E-state index in [4.69, 9.17) is 5.73 Å². The fraction of sp³-hybridized carbons (Fsp3) is 0.538. The van der Waals surface area contributed by atoms with E-state index in [1.807, 2.05) is 18.2 Å². The molecule has 0 heterocycles. The Hall–Kier alpha value is -0.890. The van der Waals surface area contributed by atoms with Crippen LogP contribution in [0.15, 0.2) is 30.3 Å². The van der Waals surface area contributed by atoms with Gasteiger partial charge in [-0.05, 0) is 31.7 Å². The minimum absolute atomic E-state index is 0.134. The van der Waals surface area contributed by atoms with E-state index in [0.29, 0.717) is 19.4 Å². The van der Waals surface area contributed by atoms with E-state index < -0.39 is 5.67 Å². The maximum Gasteiger partial charge on any atom is 0.109 e. The Bertz CT molecular complexity index is 334. The van der Waals surface area contributed by atoms with E-state index in [2.05, 4.69) is 12.1 Å². The lowest BCUT2D eigenvalue weighted by molar-refractivity contribution is 0.187. The molecule has 2 atom stereocenters. The molecule has 2 rings (SSSR count). The quantitative estimate of drug-likeness (QED) is 0.793. The first kappa shape index (κ1) is 10.6. The highest BCUT2D eigenvalue weighted by Gasteiger charge is 2.46. The van der Waals surface area contributed by atoms with Gasteiger partial charge in [0.2, 0.25) is 0 Å². The summed E-state index contributed by atoms with van der Waals surface area (Å²) in [6, 6.07) is 10.1. The topological polar surface area (TPSA) is 26.0 Å².